The van der Waals surface area contributed by atoms with Crippen molar-refractivity contribution in [2.45, 2.75) is 43.5 Å². The van der Waals surface area contributed by atoms with E-state index in [2.05, 4.69) is 17.2 Å². The molecule has 0 fully saturated rings. The number of hydrogen-bond acceptors (Lipinski definition) is 6. The molecule has 0 aliphatic carbocycles. The van der Waals surface area contributed by atoms with Crippen molar-refractivity contribution in [1.29, 1.82) is 0 Å². The van der Waals surface area contributed by atoms with Gasteiger partial charge in [-0.25, -0.2) is 17.1 Å². The number of nitrogens with one attached hydrogen (secondary N) is 1. The number of amidine groups is 1. The van der Waals surface area contributed by atoms with Crippen LogP contribution in [0, 0.1) is 5.82 Å². The normalized spacial score (nSPS) is 15.9. The average Bonchev–Trinajstić information content (AvgIpc) is 3.29. The van der Waals surface area contributed by atoms with Gasteiger partial charge in [-0.05, 0) is 36.8 Å². The molecule has 10 heteroatoms. The first-order valence-electron chi connectivity index (χ1n) is 11.2. The highest BCUT2D eigenvalue weighted by molar-refractivity contribution is 8.14. The number of unbranched alkanes of at least 4 members (excludes halogenated alkanes) is 3. The monoisotopic (exact) mass is 507 g/mol. The molecule has 0 aromatic heterocycles. The first-order chi connectivity index (χ1) is 16.3. The highest BCUT2D eigenvalue weighted by Crippen LogP contribution is 2.32. The fourth-order valence-electron chi connectivity index (χ4n) is 3.52. The molecule has 0 radical (unpaired) electrons. The van der Waals surface area contributed by atoms with Gasteiger partial charge in [0.25, 0.3) is 5.91 Å². The Morgan fingerprint density at radius 3 is 2.59 bits per heavy atom. The molecular weight excluding hydrogens is 477 g/mol. The van der Waals surface area contributed by atoms with Crippen molar-refractivity contribution in [2.75, 3.05) is 26.5 Å². The molecule has 1 N–H and O–H groups in total. The predicted molar refractivity (Wildman–Crippen MR) is 133 cm³/mol. The summed E-state index contributed by atoms with van der Waals surface area (Å²) in [5.41, 5.74) is 0.748. The Labute approximate surface area is 204 Å². The minimum atomic E-state index is -3.61. The predicted octanol–water partition coefficient (Wildman–Crippen LogP) is 4.61. The largest absolute Gasteiger partial charge is 0.497 e. The van der Waals surface area contributed by atoms with E-state index in [0.717, 1.165) is 25.7 Å². The molecule has 0 spiro atoms. The van der Waals surface area contributed by atoms with Crippen LogP contribution in [0.2, 0.25) is 0 Å². The average molecular weight is 508 g/mol. The van der Waals surface area contributed by atoms with Gasteiger partial charge in [0.2, 0.25) is 10.0 Å². The van der Waals surface area contributed by atoms with Crippen LogP contribution in [0.3, 0.4) is 0 Å². The van der Waals surface area contributed by atoms with E-state index in [4.69, 9.17) is 4.74 Å². The molecule has 1 aliphatic heterocycles. The Morgan fingerprint density at radius 1 is 1.21 bits per heavy atom. The molecule has 7 nitrogen and oxygen atoms in total. The van der Waals surface area contributed by atoms with Crippen LogP contribution in [0.1, 0.15) is 54.6 Å². The number of nitrogens with zero attached hydrogens (tertiary/aromatic N) is 2. The molecule has 0 saturated heterocycles. The second kappa shape index (κ2) is 11.8. The molecule has 0 bridgehead atoms. The topological polar surface area (TPSA) is 88.1 Å². The summed E-state index contributed by atoms with van der Waals surface area (Å²) in [6.07, 6.45) is 3.97. The van der Waals surface area contributed by atoms with E-state index in [1.165, 1.54) is 53.5 Å². The molecule has 1 amide bonds. The Bertz CT molecular complexity index is 1140. The van der Waals surface area contributed by atoms with E-state index >= 15 is 0 Å². The zero-order valence-corrected chi connectivity index (χ0v) is 21.2. The second-order valence-corrected chi connectivity index (χ2v) is 11.1. The number of amides is 1. The molecule has 1 aliphatic rings. The summed E-state index contributed by atoms with van der Waals surface area (Å²) in [4.78, 5) is 17.2. The number of sulfonamides is 1. The van der Waals surface area contributed by atoms with Crippen LogP contribution in [0.15, 0.2) is 52.4 Å². The minimum Gasteiger partial charge on any atom is -0.497 e. The molecule has 1 unspecified atom stereocenters. The van der Waals surface area contributed by atoms with Crippen LogP contribution in [0.25, 0.3) is 0 Å². The maximum Gasteiger partial charge on any atom is 0.257 e. The molecule has 1 atom stereocenters. The van der Waals surface area contributed by atoms with Gasteiger partial charge in [0.05, 0.1) is 18.0 Å². The van der Waals surface area contributed by atoms with E-state index in [1.807, 2.05) is 0 Å². The van der Waals surface area contributed by atoms with Gasteiger partial charge in [0, 0.05) is 36.5 Å². The number of thioether (sulfide) groups is 1. The standard InChI is InChI=1S/C24H30FN3O4S2/c1-4-5-6-7-14-28(2)34(30,31)19-11-8-17(9-12-19)23(29)27-24-26-22(16-33-24)20-13-10-18(32-3)15-21(20)25/h8-13,15,22H,4-7,14,16H2,1-3H3,(H,26,27,29). The lowest BCUT2D eigenvalue weighted by Crippen LogP contribution is -2.29. The summed E-state index contributed by atoms with van der Waals surface area (Å²) in [7, 11) is -0.567. The number of methoxy groups -OCH3 is 1. The van der Waals surface area contributed by atoms with Gasteiger partial charge >= 0.3 is 0 Å². The number of carbonyl (C=O) groups excluding carboxylic acids is 1. The number of halogens is 1. The highest BCUT2D eigenvalue weighted by atomic mass is 32.2. The van der Waals surface area contributed by atoms with E-state index in [0.29, 0.717) is 34.3 Å². The summed E-state index contributed by atoms with van der Waals surface area (Å²) in [6.45, 7) is 2.56. The molecule has 2 aromatic carbocycles. The SMILES string of the molecule is CCCCCCN(C)S(=O)(=O)c1ccc(C(=O)NC2=NC(c3ccc(OC)cc3F)CS2)cc1. The molecule has 3 rings (SSSR count). The molecule has 1 heterocycles. The van der Waals surface area contributed by atoms with Crippen LogP contribution >= 0.6 is 11.8 Å². The van der Waals surface area contributed by atoms with Crippen molar-refractivity contribution in [1.82, 2.24) is 9.62 Å². The smallest absolute Gasteiger partial charge is 0.257 e. The third kappa shape index (κ3) is 6.37. The summed E-state index contributed by atoms with van der Waals surface area (Å²) in [5.74, 6) is 0.116. The second-order valence-electron chi connectivity index (χ2n) is 8.01. The number of hydrogen-bond donors (Lipinski definition) is 1. The maximum atomic E-state index is 14.3. The quantitative estimate of drug-likeness (QED) is 0.475. The third-order valence-electron chi connectivity index (χ3n) is 5.59. The van der Waals surface area contributed by atoms with Crippen molar-refractivity contribution < 1.29 is 22.3 Å². The van der Waals surface area contributed by atoms with Crippen LogP contribution in [-0.2, 0) is 10.0 Å². The van der Waals surface area contributed by atoms with Gasteiger partial charge < -0.3 is 10.1 Å². The van der Waals surface area contributed by atoms with Crippen molar-refractivity contribution in [2.24, 2.45) is 4.99 Å². The number of aliphatic imine (C=N–C) groups is 1. The third-order valence-corrected chi connectivity index (χ3v) is 8.42. The Kier molecular flexibility index (Phi) is 9.10. The van der Waals surface area contributed by atoms with Crippen molar-refractivity contribution >= 4 is 32.9 Å². The van der Waals surface area contributed by atoms with Crippen molar-refractivity contribution in [3.05, 3.63) is 59.4 Å². The fourth-order valence-corrected chi connectivity index (χ4v) is 5.66. The van der Waals surface area contributed by atoms with E-state index < -0.39 is 27.8 Å². The zero-order chi connectivity index (χ0) is 24.7. The van der Waals surface area contributed by atoms with Gasteiger partial charge in [-0.3, -0.25) is 9.79 Å². The van der Waals surface area contributed by atoms with Crippen LogP contribution < -0.4 is 10.1 Å². The Balaban J connectivity index is 1.62. The first-order valence-corrected chi connectivity index (χ1v) is 13.6. The van der Waals surface area contributed by atoms with Crippen molar-refractivity contribution in [3.8, 4) is 5.75 Å². The molecule has 0 saturated carbocycles. The van der Waals surface area contributed by atoms with Crippen LogP contribution in [0.4, 0.5) is 4.39 Å². The van der Waals surface area contributed by atoms with Gasteiger partial charge in [-0.15, -0.1) is 0 Å². The molecule has 2 aromatic rings. The maximum absolute atomic E-state index is 14.3. The highest BCUT2D eigenvalue weighted by Gasteiger charge is 2.25. The van der Waals surface area contributed by atoms with Crippen molar-refractivity contribution in [3.63, 3.8) is 0 Å². The lowest BCUT2D eigenvalue weighted by atomic mass is 10.1. The number of benzene rings is 2. The lowest BCUT2D eigenvalue weighted by molar-refractivity contribution is 0.0978. The van der Waals surface area contributed by atoms with Gasteiger partial charge in [0.1, 0.15) is 11.6 Å². The Hall–Kier alpha value is -2.43. The van der Waals surface area contributed by atoms with Crippen LogP contribution in [0.5, 0.6) is 5.75 Å². The Morgan fingerprint density at radius 2 is 1.94 bits per heavy atom. The number of rotatable bonds is 10. The van der Waals surface area contributed by atoms with Gasteiger partial charge in [0.15, 0.2) is 5.17 Å². The zero-order valence-electron chi connectivity index (χ0n) is 19.6. The first kappa shape index (κ1) is 26.2. The van der Waals surface area contributed by atoms with Crippen LogP contribution in [-0.4, -0.2) is 50.3 Å². The van der Waals surface area contributed by atoms with E-state index in [1.54, 1.807) is 19.2 Å². The van der Waals surface area contributed by atoms with E-state index in [-0.39, 0.29) is 4.90 Å². The number of carbonyl (C=O) groups is 1. The molecule has 184 valence electrons. The summed E-state index contributed by atoms with van der Waals surface area (Å²) in [6, 6.07) is 10.0. The number of ether oxygens (including phenoxy) is 1. The van der Waals surface area contributed by atoms with Gasteiger partial charge in [-0.2, -0.15) is 0 Å². The summed E-state index contributed by atoms with van der Waals surface area (Å²) >= 11 is 1.33. The fraction of sp³-hybridized carbons (Fsp3) is 0.417. The van der Waals surface area contributed by atoms with E-state index in [9.17, 15) is 17.6 Å². The lowest BCUT2D eigenvalue weighted by Gasteiger charge is -2.17. The molecular formula is C24H30FN3O4S2. The molecule has 34 heavy (non-hydrogen) atoms. The summed E-state index contributed by atoms with van der Waals surface area (Å²) < 4.78 is 46.2. The van der Waals surface area contributed by atoms with Gasteiger partial charge in [-0.1, -0.05) is 44.0 Å². The summed E-state index contributed by atoms with van der Waals surface area (Å²) in [5, 5.41) is 3.12. The minimum absolute atomic E-state index is 0.143.